The van der Waals surface area contributed by atoms with Crippen molar-refractivity contribution in [1.29, 1.82) is 0 Å². The monoisotopic (exact) mass is 251 g/mol. The molecule has 0 aliphatic carbocycles. The molecule has 4 nitrogen and oxygen atoms in total. The van der Waals surface area contributed by atoms with Crippen molar-refractivity contribution in [2.45, 2.75) is 0 Å². The molecule has 94 valence electrons. The first-order chi connectivity index (χ1) is 9.27. The lowest BCUT2D eigenvalue weighted by molar-refractivity contribution is 0.978. The predicted octanol–water partition coefficient (Wildman–Crippen LogP) is 2.69. The maximum atomic E-state index is 11.8. The molecule has 0 fully saturated rings. The SMILES string of the molecule is CN(c1ccccc1)c1n[nH]c(=O)c2ccccc12. The lowest BCUT2D eigenvalue weighted by Gasteiger charge is -2.19. The van der Waals surface area contributed by atoms with Gasteiger partial charge >= 0.3 is 0 Å². The Hall–Kier alpha value is -2.62. The summed E-state index contributed by atoms with van der Waals surface area (Å²) in [6, 6.07) is 17.4. The Labute approximate surface area is 110 Å². The Balaban J connectivity index is 2.21. The second-order valence-electron chi connectivity index (χ2n) is 4.32. The molecule has 0 saturated heterocycles. The lowest BCUT2D eigenvalue weighted by Crippen LogP contribution is -2.17. The topological polar surface area (TPSA) is 49.0 Å². The molecule has 19 heavy (non-hydrogen) atoms. The highest BCUT2D eigenvalue weighted by Gasteiger charge is 2.11. The number of aromatic amines is 1. The van der Waals surface area contributed by atoms with Crippen molar-refractivity contribution < 1.29 is 0 Å². The van der Waals surface area contributed by atoms with Gasteiger partial charge < -0.3 is 4.90 Å². The van der Waals surface area contributed by atoms with E-state index in [2.05, 4.69) is 10.2 Å². The van der Waals surface area contributed by atoms with Gasteiger partial charge in [-0.2, -0.15) is 5.10 Å². The molecule has 4 heteroatoms. The number of aromatic nitrogens is 2. The average molecular weight is 251 g/mol. The van der Waals surface area contributed by atoms with Gasteiger partial charge in [0, 0.05) is 18.1 Å². The fourth-order valence-electron chi connectivity index (χ4n) is 2.13. The highest BCUT2D eigenvalue weighted by molar-refractivity contribution is 5.92. The average Bonchev–Trinajstić information content (AvgIpc) is 2.48. The number of fused-ring (bicyclic) bond motifs is 1. The van der Waals surface area contributed by atoms with Crippen molar-refractivity contribution in [1.82, 2.24) is 10.2 Å². The summed E-state index contributed by atoms with van der Waals surface area (Å²) in [6.45, 7) is 0. The summed E-state index contributed by atoms with van der Waals surface area (Å²) in [4.78, 5) is 13.7. The summed E-state index contributed by atoms with van der Waals surface area (Å²) in [5.74, 6) is 0.737. The van der Waals surface area contributed by atoms with E-state index in [0.717, 1.165) is 16.9 Å². The first kappa shape index (κ1) is 11.5. The summed E-state index contributed by atoms with van der Waals surface area (Å²) in [6.07, 6.45) is 0. The van der Waals surface area contributed by atoms with Gasteiger partial charge in [-0.05, 0) is 18.2 Å². The Morgan fingerprint density at radius 2 is 1.58 bits per heavy atom. The van der Waals surface area contributed by atoms with E-state index in [4.69, 9.17) is 0 Å². The summed E-state index contributed by atoms with van der Waals surface area (Å²) in [7, 11) is 1.93. The number of para-hydroxylation sites is 1. The van der Waals surface area contributed by atoms with Crippen LogP contribution in [-0.2, 0) is 0 Å². The molecule has 0 unspecified atom stereocenters. The van der Waals surface area contributed by atoms with Crippen molar-refractivity contribution in [2.24, 2.45) is 0 Å². The Kier molecular flexibility index (Phi) is 2.76. The highest BCUT2D eigenvalue weighted by Crippen LogP contribution is 2.26. The molecule has 2 aromatic carbocycles. The van der Waals surface area contributed by atoms with Crippen LogP contribution in [-0.4, -0.2) is 17.2 Å². The van der Waals surface area contributed by atoms with Crippen LogP contribution in [0.3, 0.4) is 0 Å². The van der Waals surface area contributed by atoms with E-state index in [1.165, 1.54) is 0 Å². The minimum atomic E-state index is -0.166. The van der Waals surface area contributed by atoms with E-state index in [1.807, 2.05) is 60.5 Å². The Morgan fingerprint density at radius 3 is 2.32 bits per heavy atom. The first-order valence-electron chi connectivity index (χ1n) is 6.03. The van der Waals surface area contributed by atoms with E-state index in [0.29, 0.717) is 5.39 Å². The Morgan fingerprint density at radius 1 is 0.947 bits per heavy atom. The zero-order valence-electron chi connectivity index (χ0n) is 10.5. The van der Waals surface area contributed by atoms with Crippen molar-refractivity contribution in [3.63, 3.8) is 0 Å². The predicted molar refractivity (Wildman–Crippen MR) is 76.9 cm³/mol. The quantitative estimate of drug-likeness (QED) is 0.761. The van der Waals surface area contributed by atoms with E-state index >= 15 is 0 Å². The molecule has 0 aliphatic rings. The third kappa shape index (κ3) is 1.97. The van der Waals surface area contributed by atoms with Crippen molar-refractivity contribution in [3.8, 4) is 0 Å². The van der Waals surface area contributed by atoms with Crippen LogP contribution in [0.5, 0.6) is 0 Å². The van der Waals surface area contributed by atoms with E-state index in [-0.39, 0.29) is 5.56 Å². The van der Waals surface area contributed by atoms with Crippen molar-refractivity contribution in [3.05, 3.63) is 65.0 Å². The van der Waals surface area contributed by atoms with E-state index in [9.17, 15) is 4.79 Å². The molecule has 0 spiro atoms. The third-order valence-corrected chi connectivity index (χ3v) is 3.14. The number of H-pyrrole nitrogens is 1. The largest absolute Gasteiger partial charge is 0.328 e. The van der Waals surface area contributed by atoms with Crippen molar-refractivity contribution >= 4 is 22.3 Å². The molecule has 0 saturated carbocycles. The number of nitrogens with one attached hydrogen (secondary N) is 1. The van der Waals surface area contributed by atoms with E-state index < -0.39 is 0 Å². The van der Waals surface area contributed by atoms with Crippen molar-refractivity contribution in [2.75, 3.05) is 11.9 Å². The second kappa shape index (κ2) is 4.57. The molecule has 1 N–H and O–H groups in total. The lowest BCUT2D eigenvalue weighted by atomic mass is 10.2. The van der Waals surface area contributed by atoms with Gasteiger partial charge in [0.25, 0.3) is 5.56 Å². The molecule has 0 atom stereocenters. The van der Waals surface area contributed by atoms with Crippen LogP contribution in [0.1, 0.15) is 0 Å². The highest BCUT2D eigenvalue weighted by atomic mass is 16.1. The summed E-state index contributed by atoms with van der Waals surface area (Å²) in [5, 5.41) is 8.21. The molecule has 3 aromatic rings. The zero-order chi connectivity index (χ0) is 13.2. The molecule has 0 radical (unpaired) electrons. The number of benzene rings is 2. The molecule has 0 bridgehead atoms. The summed E-state index contributed by atoms with van der Waals surface area (Å²) in [5.41, 5.74) is 0.855. The van der Waals surface area contributed by atoms with Gasteiger partial charge in [-0.1, -0.05) is 36.4 Å². The molecule has 1 aromatic heterocycles. The van der Waals surface area contributed by atoms with Gasteiger partial charge in [0.05, 0.1) is 5.39 Å². The minimum Gasteiger partial charge on any atom is -0.328 e. The maximum Gasteiger partial charge on any atom is 0.272 e. The Bertz CT molecular complexity index is 765. The van der Waals surface area contributed by atoms with Crippen LogP contribution in [0.15, 0.2) is 59.4 Å². The summed E-state index contributed by atoms with van der Waals surface area (Å²) < 4.78 is 0. The molecule has 0 amide bonds. The first-order valence-corrected chi connectivity index (χ1v) is 6.03. The van der Waals surface area contributed by atoms with Crippen LogP contribution in [0, 0.1) is 0 Å². The van der Waals surface area contributed by atoms with Crippen LogP contribution in [0.4, 0.5) is 11.5 Å². The number of nitrogens with zero attached hydrogens (tertiary/aromatic N) is 2. The fourth-order valence-corrected chi connectivity index (χ4v) is 2.13. The molecular weight excluding hydrogens is 238 g/mol. The fraction of sp³-hybridized carbons (Fsp3) is 0.0667. The maximum absolute atomic E-state index is 11.8. The van der Waals surface area contributed by atoms with E-state index in [1.54, 1.807) is 6.07 Å². The van der Waals surface area contributed by atoms with Gasteiger partial charge in [-0.25, -0.2) is 5.10 Å². The molecule has 1 heterocycles. The van der Waals surface area contributed by atoms with Gasteiger partial charge in [-0.15, -0.1) is 0 Å². The smallest absolute Gasteiger partial charge is 0.272 e. The van der Waals surface area contributed by atoms with Crippen LogP contribution in [0.25, 0.3) is 10.8 Å². The normalized spacial score (nSPS) is 10.6. The van der Waals surface area contributed by atoms with Crippen LogP contribution < -0.4 is 10.5 Å². The van der Waals surface area contributed by atoms with Crippen LogP contribution in [0.2, 0.25) is 0 Å². The molecule has 3 rings (SSSR count). The molecular formula is C15H13N3O. The van der Waals surface area contributed by atoms with Gasteiger partial charge in [0.2, 0.25) is 0 Å². The molecule has 0 aliphatic heterocycles. The van der Waals surface area contributed by atoms with Gasteiger partial charge in [0.1, 0.15) is 0 Å². The zero-order valence-corrected chi connectivity index (χ0v) is 10.5. The number of anilines is 2. The summed E-state index contributed by atoms with van der Waals surface area (Å²) >= 11 is 0. The minimum absolute atomic E-state index is 0.166. The third-order valence-electron chi connectivity index (χ3n) is 3.14. The second-order valence-corrected chi connectivity index (χ2v) is 4.32. The van der Waals surface area contributed by atoms with Gasteiger partial charge in [-0.3, -0.25) is 4.79 Å². The number of hydrogen-bond acceptors (Lipinski definition) is 3. The number of rotatable bonds is 2. The van der Waals surface area contributed by atoms with Crippen LogP contribution >= 0.6 is 0 Å². The standard InChI is InChI=1S/C15H13N3O/c1-18(11-7-3-2-4-8-11)14-12-9-5-6-10-13(12)15(19)17-16-14/h2-10H,1H3,(H,17,19). The van der Waals surface area contributed by atoms with Gasteiger partial charge in [0.15, 0.2) is 5.82 Å². The number of hydrogen-bond donors (Lipinski definition) is 1.